The smallest absolute Gasteiger partial charge is 0.268 e. The van der Waals surface area contributed by atoms with E-state index in [1.807, 2.05) is 26.0 Å². The molecule has 26 heavy (non-hydrogen) atoms. The Bertz CT molecular complexity index is 1010. The largest absolute Gasteiger partial charge is 0.489 e. The van der Waals surface area contributed by atoms with Gasteiger partial charge >= 0.3 is 0 Å². The van der Waals surface area contributed by atoms with Crippen molar-refractivity contribution in [3.8, 4) is 11.8 Å². The molecular formula is C19H18N2O4S. The van der Waals surface area contributed by atoms with Crippen molar-refractivity contribution in [1.29, 1.82) is 5.26 Å². The van der Waals surface area contributed by atoms with Crippen molar-refractivity contribution in [2.45, 2.75) is 31.6 Å². The minimum absolute atomic E-state index is 0.0851. The quantitative estimate of drug-likeness (QED) is 0.893. The molecule has 7 heteroatoms. The highest BCUT2D eigenvalue weighted by Crippen LogP contribution is 2.40. The number of rotatable bonds is 4. The van der Waals surface area contributed by atoms with Crippen LogP contribution in [0.25, 0.3) is 0 Å². The van der Waals surface area contributed by atoms with E-state index in [-0.39, 0.29) is 23.1 Å². The molecule has 1 heterocycles. The number of hydrogen-bond donors (Lipinski definition) is 1. The lowest BCUT2D eigenvalue weighted by molar-refractivity contribution is 0.0976. The molecular weight excluding hydrogens is 352 g/mol. The number of carbonyl (C=O) groups excluding carboxylic acids is 1. The minimum Gasteiger partial charge on any atom is -0.489 e. The second kappa shape index (κ2) is 6.81. The molecule has 0 radical (unpaired) electrons. The molecule has 0 saturated heterocycles. The maximum Gasteiger partial charge on any atom is 0.268 e. The van der Waals surface area contributed by atoms with Crippen molar-refractivity contribution in [3.05, 3.63) is 64.7 Å². The van der Waals surface area contributed by atoms with E-state index in [0.717, 1.165) is 5.56 Å². The van der Waals surface area contributed by atoms with Crippen molar-refractivity contribution < 1.29 is 17.9 Å². The number of amides is 1. The van der Waals surface area contributed by atoms with Crippen molar-refractivity contribution in [2.75, 3.05) is 0 Å². The van der Waals surface area contributed by atoms with Gasteiger partial charge in [-0.25, -0.2) is 13.1 Å². The molecule has 134 valence electrons. The third kappa shape index (κ3) is 3.41. The maximum absolute atomic E-state index is 12.5. The van der Waals surface area contributed by atoms with Crippen LogP contribution >= 0.6 is 0 Å². The second-order valence-electron chi connectivity index (χ2n) is 6.29. The Morgan fingerprint density at radius 3 is 2.65 bits per heavy atom. The number of sulfonamides is 1. The standard InChI is InChI=1S/C19H18N2O4S/c1-12-13(2)25-18-16(12)8-5-9-17(18)19(22)21-26(23,24)11-15-7-4-3-6-14(15)10-20/h3-9,12-13H,11H2,1-2H3,(H,21,22)/t12-,13-/m1/s1. The average Bonchev–Trinajstić information content (AvgIpc) is 2.89. The highest BCUT2D eigenvalue weighted by molar-refractivity contribution is 7.89. The minimum atomic E-state index is -3.97. The van der Waals surface area contributed by atoms with Gasteiger partial charge in [-0.3, -0.25) is 4.79 Å². The first-order valence-corrected chi connectivity index (χ1v) is 9.80. The van der Waals surface area contributed by atoms with Crippen molar-refractivity contribution >= 4 is 15.9 Å². The zero-order valence-electron chi connectivity index (χ0n) is 14.4. The summed E-state index contributed by atoms with van der Waals surface area (Å²) in [5.74, 6) is -0.641. The molecule has 2 aromatic rings. The van der Waals surface area contributed by atoms with Gasteiger partial charge in [-0.15, -0.1) is 0 Å². The fourth-order valence-electron chi connectivity index (χ4n) is 2.96. The Hall–Kier alpha value is -2.85. The normalized spacial score (nSPS) is 18.5. The number of hydrogen-bond acceptors (Lipinski definition) is 5. The Morgan fingerprint density at radius 2 is 1.92 bits per heavy atom. The highest BCUT2D eigenvalue weighted by atomic mass is 32.2. The van der Waals surface area contributed by atoms with Crippen molar-refractivity contribution in [3.63, 3.8) is 0 Å². The summed E-state index contributed by atoms with van der Waals surface area (Å²) in [6.07, 6.45) is -0.0851. The lowest BCUT2D eigenvalue weighted by Gasteiger charge is -2.11. The van der Waals surface area contributed by atoms with E-state index < -0.39 is 21.7 Å². The van der Waals surface area contributed by atoms with Gasteiger partial charge in [0.1, 0.15) is 11.9 Å². The van der Waals surface area contributed by atoms with Gasteiger partial charge < -0.3 is 4.74 Å². The number of para-hydroxylation sites is 1. The topological polar surface area (TPSA) is 96.3 Å². The molecule has 2 atom stereocenters. The van der Waals surface area contributed by atoms with E-state index in [9.17, 15) is 13.2 Å². The lowest BCUT2D eigenvalue weighted by Crippen LogP contribution is -2.32. The molecule has 0 spiro atoms. The van der Waals surface area contributed by atoms with E-state index in [1.165, 1.54) is 12.1 Å². The summed E-state index contributed by atoms with van der Waals surface area (Å²) in [7, 11) is -3.97. The van der Waals surface area contributed by atoms with Gasteiger partial charge in [0.15, 0.2) is 0 Å². The molecule has 0 aliphatic carbocycles. The molecule has 1 amide bonds. The van der Waals surface area contributed by atoms with Crippen LogP contribution in [0.15, 0.2) is 42.5 Å². The average molecular weight is 370 g/mol. The van der Waals surface area contributed by atoms with Crippen LogP contribution in [0, 0.1) is 11.3 Å². The predicted octanol–water partition coefficient (Wildman–Crippen LogP) is 2.70. The van der Waals surface area contributed by atoms with Crippen molar-refractivity contribution in [2.24, 2.45) is 0 Å². The van der Waals surface area contributed by atoms with Gasteiger partial charge in [-0.05, 0) is 24.6 Å². The number of benzene rings is 2. The molecule has 1 aliphatic rings. The molecule has 1 N–H and O–H groups in total. The summed E-state index contributed by atoms with van der Waals surface area (Å²) in [4.78, 5) is 12.5. The summed E-state index contributed by atoms with van der Waals surface area (Å²) < 4.78 is 32.6. The molecule has 0 aromatic heterocycles. The summed E-state index contributed by atoms with van der Waals surface area (Å²) in [6.45, 7) is 3.90. The highest BCUT2D eigenvalue weighted by Gasteiger charge is 2.32. The Morgan fingerprint density at radius 1 is 1.19 bits per heavy atom. The van der Waals surface area contributed by atoms with Crippen LogP contribution in [-0.4, -0.2) is 20.4 Å². The SMILES string of the molecule is C[C@H]1Oc2c(C(=O)NS(=O)(=O)Cc3ccccc3C#N)cccc2[C@@H]1C. The molecule has 3 rings (SSSR count). The van der Waals surface area contributed by atoms with Crippen LogP contribution in [0.2, 0.25) is 0 Å². The first-order chi connectivity index (χ1) is 12.3. The predicted molar refractivity (Wildman–Crippen MR) is 96.2 cm³/mol. The zero-order valence-corrected chi connectivity index (χ0v) is 15.2. The number of nitrogens with one attached hydrogen (secondary N) is 1. The summed E-state index contributed by atoms with van der Waals surface area (Å²) in [5.41, 5.74) is 1.68. The van der Waals surface area contributed by atoms with Gasteiger partial charge in [0.05, 0.1) is 22.9 Å². The van der Waals surface area contributed by atoms with E-state index >= 15 is 0 Å². The monoisotopic (exact) mass is 370 g/mol. The number of carbonyl (C=O) groups is 1. The molecule has 2 aromatic carbocycles. The van der Waals surface area contributed by atoms with Gasteiger partial charge in [0.25, 0.3) is 5.91 Å². The van der Waals surface area contributed by atoms with Gasteiger partial charge in [0.2, 0.25) is 10.0 Å². The lowest BCUT2D eigenvalue weighted by atomic mass is 9.97. The Kier molecular flexibility index (Phi) is 4.70. The van der Waals surface area contributed by atoms with E-state index in [1.54, 1.807) is 24.3 Å². The number of fused-ring (bicyclic) bond motifs is 1. The first kappa shape index (κ1) is 18.0. The molecule has 0 saturated carbocycles. The first-order valence-electron chi connectivity index (χ1n) is 8.15. The Balaban J connectivity index is 1.84. The van der Waals surface area contributed by atoms with Gasteiger partial charge in [-0.1, -0.05) is 37.3 Å². The summed E-state index contributed by atoms with van der Waals surface area (Å²) >= 11 is 0. The third-order valence-corrected chi connectivity index (χ3v) is 5.71. The number of ether oxygens (including phenoxy) is 1. The molecule has 0 fully saturated rings. The van der Waals surface area contributed by atoms with Gasteiger partial charge in [-0.2, -0.15) is 5.26 Å². The van der Waals surface area contributed by atoms with Crippen LogP contribution < -0.4 is 9.46 Å². The number of nitriles is 1. The summed E-state index contributed by atoms with van der Waals surface area (Å²) in [6, 6.07) is 13.5. The van der Waals surface area contributed by atoms with Crippen molar-refractivity contribution in [1.82, 2.24) is 4.72 Å². The second-order valence-corrected chi connectivity index (χ2v) is 8.02. The molecule has 6 nitrogen and oxygen atoms in total. The van der Waals surface area contributed by atoms with Crippen LogP contribution in [0.3, 0.4) is 0 Å². The van der Waals surface area contributed by atoms with E-state index in [2.05, 4.69) is 4.72 Å². The fraction of sp³-hybridized carbons (Fsp3) is 0.263. The molecule has 0 bridgehead atoms. The van der Waals surface area contributed by atoms with Gasteiger partial charge in [0, 0.05) is 11.5 Å². The molecule has 1 aliphatic heterocycles. The van der Waals surface area contributed by atoms with E-state index in [4.69, 9.17) is 10.00 Å². The molecule has 0 unspecified atom stereocenters. The Labute approximate surface area is 152 Å². The van der Waals surface area contributed by atoms with Crippen LogP contribution in [0.4, 0.5) is 0 Å². The maximum atomic E-state index is 12.5. The number of nitrogens with zero attached hydrogens (tertiary/aromatic N) is 1. The zero-order chi connectivity index (χ0) is 18.9. The van der Waals surface area contributed by atoms with Crippen LogP contribution in [0.5, 0.6) is 5.75 Å². The van der Waals surface area contributed by atoms with E-state index in [0.29, 0.717) is 11.3 Å². The van der Waals surface area contributed by atoms with Crippen LogP contribution in [0.1, 0.15) is 46.8 Å². The van der Waals surface area contributed by atoms with Crippen LogP contribution in [-0.2, 0) is 15.8 Å². The summed E-state index contributed by atoms with van der Waals surface area (Å²) in [5, 5.41) is 9.08. The fourth-order valence-corrected chi connectivity index (χ4v) is 4.08. The third-order valence-electron chi connectivity index (χ3n) is 4.52.